The summed E-state index contributed by atoms with van der Waals surface area (Å²) in [6.07, 6.45) is 6.38. The predicted molar refractivity (Wildman–Crippen MR) is 112 cm³/mol. The van der Waals surface area contributed by atoms with Crippen molar-refractivity contribution < 1.29 is 9.53 Å². The third kappa shape index (κ3) is 5.18. The van der Waals surface area contributed by atoms with Gasteiger partial charge in [-0.2, -0.15) is 0 Å². The number of hydrogen-bond donors (Lipinski definition) is 0. The zero-order chi connectivity index (χ0) is 18.9. The molecule has 3 rings (SSSR count). The van der Waals surface area contributed by atoms with E-state index in [1.165, 1.54) is 34.9 Å². The lowest BCUT2D eigenvalue weighted by Gasteiger charge is -2.12. The van der Waals surface area contributed by atoms with Crippen molar-refractivity contribution in [2.75, 3.05) is 7.11 Å². The molecule has 2 heteroatoms. The van der Waals surface area contributed by atoms with E-state index in [1.54, 1.807) is 0 Å². The van der Waals surface area contributed by atoms with Crippen LogP contribution in [0.3, 0.4) is 0 Å². The fourth-order valence-corrected chi connectivity index (χ4v) is 3.16. The van der Waals surface area contributed by atoms with Crippen molar-refractivity contribution in [3.05, 3.63) is 95.6 Å². The second-order valence-electron chi connectivity index (χ2n) is 6.42. The first-order chi connectivity index (χ1) is 13.3. The molecule has 0 fully saturated rings. The van der Waals surface area contributed by atoms with Gasteiger partial charge in [-0.05, 0) is 40.7 Å². The molecular weight excluding hydrogens is 332 g/mol. The molecular formula is C25H24O2. The Balaban J connectivity index is 1.86. The molecule has 0 saturated heterocycles. The number of benzene rings is 3. The van der Waals surface area contributed by atoms with Gasteiger partial charge < -0.3 is 4.74 Å². The van der Waals surface area contributed by atoms with E-state index in [9.17, 15) is 4.79 Å². The van der Waals surface area contributed by atoms with Crippen molar-refractivity contribution in [2.45, 2.75) is 19.3 Å². The van der Waals surface area contributed by atoms with Crippen LogP contribution in [0, 0.1) is 0 Å². The molecule has 136 valence electrons. The molecule has 3 aromatic carbocycles. The van der Waals surface area contributed by atoms with Gasteiger partial charge in [0.05, 0.1) is 7.11 Å². The van der Waals surface area contributed by atoms with Crippen LogP contribution in [-0.4, -0.2) is 13.1 Å². The first-order valence-electron chi connectivity index (χ1n) is 9.25. The lowest BCUT2D eigenvalue weighted by Crippen LogP contribution is -2.01. The standard InChI is InChI=1S/C25H24O2/c1-27-25(26)17-9-14-21-12-5-7-15-23(21)24-16-8-6-13-22(24)19-18-20-10-3-2-4-11-20/h2-8,10-13,15-16,18-19H,9,14,17H2,1H3/b19-18+. The molecule has 0 aliphatic heterocycles. The van der Waals surface area contributed by atoms with Crippen LogP contribution in [-0.2, 0) is 16.0 Å². The van der Waals surface area contributed by atoms with E-state index in [1.807, 2.05) is 18.2 Å². The van der Waals surface area contributed by atoms with Crippen molar-refractivity contribution in [1.82, 2.24) is 0 Å². The lowest BCUT2D eigenvalue weighted by atomic mass is 9.92. The predicted octanol–water partition coefficient (Wildman–Crippen LogP) is 6.02. The lowest BCUT2D eigenvalue weighted by molar-refractivity contribution is -0.140. The Morgan fingerprint density at radius 1 is 0.815 bits per heavy atom. The number of esters is 1. The highest BCUT2D eigenvalue weighted by Crippen LogP contribution is 2.29. The van der Waals surface area contributed by atoms with Crippen molar-refractivity contribution in [1.29, 1.82) is 0 Å². The highest BCUT2D eigenvalue weighted by atomic mass is 16.5. The highest BCUT2D eigenvalue weighted by molar-refractivity contribution is 5.82. The molecule has 0 amide bonds. The Morgan fingerprint density at radius 3 is 2.26 bits per heavy atom. The molecule has 0 heterocycles. The van der Waals surface area contributed by atoms with E-state index in [0.717, 1.165) is 12.8 Å². The van der Waals surface area contributed by atoms with E-state index in [4.69, 9.17) is 4.74 Å². The molecule has 27 heavy (non-hydrogen) atoms. The van der Waals surface area contributed by atoms with Crippen molar-refractivity contribution in [3.63, 3.8) is 0 Å². The summed E-state index contributed by atoms with van der Waals surface area (Å²) >= 11 is 0. The van der Waals surface area contributed by atoms with Crippen LogP contribution in [0.15, 0.2) is 78.9 Å². The Labute approximate surface area is 161 Å². The van der Waals surface area contributed by atoms with Gasteiger partial charge in [0.15, 0.2) is 0 Å². The molecule has 0 aromatic heterocycles. The number of rotatable bonds is 7. The fraction of sp³-hybridized carbons (Fsp3) is 0.160. The maximum atomic E-state index is 11.4. The molecule has 0 bridgehead atoms. The van der Waals surface area contributed by atoms with Crippen LogP contribution in [0.4, 0.5) is 0 Å². The topological polar surface area (TPSA) is 26.3 Å². The molecule has 0 atom stereocenters. The maximum Gasteiger partial charge on any atom is 0.305 e. The van der Waals surface area contributed by atoms with Gasteiger partial charge in [-0.25, -0.2) is 0 Å². The van der Waals surface area contributed by atoms with Crippen LogP contribution < -0.4 is 0 Å². The Kier molecular flexibility index (Phi) is 6.59. The quantitative estimate of drug-likeness (QED) is 0.382. The first kappa shape index (κ1) is 18.7. The third-order valence-electron chi connectivity index (χ3n) is 4.58. The Morgan fingerprint density at radius 2 is 1.48 bits per heavy atom. The number of ether oxygens (including phenoxy) is 1. The monoisotopic (exact) mass is 356 g/mol. The molecule has 0 unspecified atom stereocenters. The zero-order valence-electron chi connectivity index (χ0n) is 15.6. The second kappa shape index (κ2) is 9.54. The summed E-state index contributed by atoms with van der Waals surface area (Å²) in [5, 5.41) is 0. The smallest absolute Gasteiger partial charge is 0.305 e. The molecule has 0 spiro atoms. The first-order valence-corrected chi connectivity index (χ1v) is 9.25. The maximum absolute atomic E-state index is 11.4. The second-order valence-corrected chi connectivity index (χ2v) is 6.42. The number of carbonyl (C=O) groups excluding carboxylic acids is 1. The van der Waals surface area contributed by atoms with Gasteiger partial charge in [0.2, 0.25) is 0 Å². The molecule has 0 N–H and O–H groups in total. The van der Waals surface area contributed by atoms with Crippen molar-refractivity contribution in [2.24, 2.45) is 0 Å². The fourth-order valence-electron chi connectivity index (χ4n) is 3.16. The normalized spacial score (nSPS) is 10.9. The van der Waals surface area contributed by atoms with E-state index in [2.05, 4.69) is 72.8 Å². The van der Waals surface area contributed by atoms with E-state index < -0.39 is 0 Å². The minimum Gasteiger partial charge on any atom is -0.469 e. The number of carbonyl (C=O) groups is 1. The van der Waals surface area contributed by atoms with E-state index in [-0.39, 0.29) is 5.97 Å². The number of hydrogen-bond acceptors (Lipinski definition) is 2. The van der Waals surface area contributed by atoms with Crippen LogP contribution in [0.5, 0.6) is 0 Å². The summed E-state index contributed by atoms with van der Waals surface area (Å²) in [7, 11) is 1.44. The molecule has 0 radical (unpaired) electrons. The summed E-state index contributed by atoms with van der Waals surface area (Å²) in [6, 6.07) is 27.2. The average molecular weight is 356 g/mol. The summed E-state index contributed by atoms with van der Waals surface area (Å²) in [5.41, 5.74) is 6.04. The minimum absolute atomic E-state index is 0.154. The summed E-state index contributed by atoms with van der Waals surface area (Å²) in [5.74, 6) is -0.154. The average Bonchev–Trinajstić information content (AvgIpc) is 2.73. The summed E-state index contributed by atoms with van der Waals surface area (Å²) < 4.78 is 4.75. The van der Waals surface area contributed by atoms with Gasteiger partial charge in [0.1, 0.15) is 0 Å². The number of aryl methyl sites for hydroxylation is 1. The zero-order valence-corrected chi connectivity index (χ0v) is 15.6. The number of methoxy groups -OCH3 is 1. The van der Waals surface area contributed by atoms with Gasteiger partial charge in [0.25, 0.3) is 0 Å². The third-order valence-corrected chi connectivity index (χ3v) is 4.58. The van der Waals surface area contributed by atoms with Gasteiger partial charge in [0, 0.05) is 6.42 Å². The van der Waals surface area contributed by atoms with E-state index >= 15 is 0 Å². The van der Waals surface area contributed by atoms with Gasteiger partial charge in [-0.15, -0.1) is 0 Å². The van der Waals surface area contributed by atoms with E-state index in [0.29, 0.717) is 6.42 Å². The molecule has 2 nitrogen and oxygen atoms in total. The van der Waals surface area contributed by atoms with Crippen LogP contribution in [0.25, 0.3) is 23.3 Å². The minimum atomic E-state index is -0.154. The molecule has 3 aromatic rings. The summed E-state index contributed by atoms with van der Waals surface area (Å²) in [4.78, 5) is 11.4. The Hall–Kier alpha value is -3.13. The van der Waals surface area contributed by atoms with Crippen LogP contribution in [0.1, 0.15) is 29.5 Å². The molecule has 0 aliphatic rings. The summed E-state index contributed by atoms with van der Waals surface area (Å²) in [6.45, 7) is 0. The molecule has 0 aliphatic carbocycles. The van der Waals surface area contributed by atoms with Gasteiger partial charge in [-0.1, -0.05) is 91.0 Å². The SMILES string of the molecule is COC(=O)CCCc1ccccc1-c1ccccc1/C=C/c1ccccc1. The highest BCUT2D eigenvalue weighted by Gasteiger charge is 2.09. The Bertz CT molecular complexity index is 910. The van der Waals surface area contributed by atoms with Gasteiger partial charge in [-0.3, -0.25) is 4.79 Å². The van der Waals surface area contributed by atoms with Gasteiger partial charge >= 0.3 is 5.97 Å². The van der Waals surface area contributed by atoms with Crippen molar-refractivity contribution in [3.8, 4) is 11.1 Å². The van der Waals surface area contributed by atoms with Crippen LogP contribution >= 0.6 is 0 Å². The van der Waals surface area contributed by atoms with Crippen LogP contribution in [0.2, 0.25) is 0 Å². The molecule has 0 saturated carbocycles. The largest absolute Gasteiger partial charge is 0.469 e. The van der Waals surface area contributed by atoms with Crippen molar-refractivity contribution >= 4 is 18.1 Å².